The predicted molar refractivity (Wildman–Crippen MR) is 194 cm³/mol. The highest BCUT2D eigenvalue weighted by Crippen LogP contribution is 2.05. The third-order valence-electron chi connectivity index (χ3n) is 7.48. The number of rotatable bonds is 33. The van der Waals surface area contributed by atoms with Crippen LogP contribution in [0.2, 0.25) is 0 Å². The van der Waals surface area contributed by atoms with Gasteiger partial charge in [0.1, 0.15) is 18.7 Å². The van der Waals surface area contributed by atoms with Crippen LogP contribution >= 0.6 is 0 Å². The van der Waals surface area contributed by atoms with Crippen molar-refractivity contribution in [2.75, 3.05) is 66.0 Å². The van der Waals surface area contributed by atoms with Crippen molar-refractivity contribution in [1.82, 2.24) is 51.9 Å². The van der Waals surface area contributed by atoms with E-state index in [-0.39, 0.29) is 78.2 Å². The van der Waals surface area contributed by atoms with Crippen molar-refractivity contribution in [3.8, 4) is 0 Å². The first kappa shape index (κ1) is 50.6. The molecule has 1 aromatic rings. The molecule has 9 N–H and O–H groups in total. The molecule has 0 radical (unpaired) electrons. The Morgan fingerprint density at radius 2 is 1.31 bits per heavy atom. The van der Waals surface area contributed by atoms with E-state index in [0.29, 0.717) is 12.2 Å². The zero-order valence-corrected chi connectivity index (χ0v) is 32.9. The van der Waals surface area contributed by atoms with Crippen LogP contribution in [-0.4, -0.2) is 171 Å². The van der Waals surface area contributed by atoms with Gasteiger partial charge in [-0.3, -0.25) is 33.5 Å². The quantitative estimate of drug-likeness (QED) is 0.0237. The number of hydrogen-bond donors (Lipinski definition) is 9. The summed E-state index contributed by atoms with van der Waals surface area (Å²) in [6.07, 6.45) is -2.39. The molecule has 0 unspecified atom stereocenters. The van der Waals surface area contributed by atoms with Gasteiger partial charge in [-0.05, 0) is 25.7 Å². The van der Waals surface area contributed by atoms with Gasteiger partial charge >= 0.3 is 11.9 Å². The van der Waals surface area contributed by atoms with E-state index in [1.807, 2.05) is 4.72 Å². The van der Waals surface area contributed by atoms with Crippen molar-refractivity contribution >= 4 is 57.4 Å². The van der Waals surface area contributed by atoms with Crippen molar-refractivity contribution in [2.45, 2.75) is 76.2 Å². The van der Waals surface area contributed by atoms with Crippen LogP contribution in [-0.2, 0) is 73.7 Å². The number of carbonyl (C=O) groups excluding carboxylic acids is 6. The summed E-state index contributed by atoms with van der Waals surface area (Å²) in [5, 5.41) is 43.8. The Morgan fingerprint density at radius 3 is 1.91 bits per heavy atom. The van der Waals surface area contributed by atoms with Gasteiger partial charge in [0.25, 0.3) is 0 Å². The fourth-order valence-electron chi connectivity index (χ4n) is 4.48. The summed E-state index contributed by atoms with van der Waals surface area (Å²) in [5.74, 6) is -7.16. The molecule has 0 bridgehead atoms. The number of aromatic nitrogens is 4. The van der Waals surface area contributed by atoms with Crippen LogP contribution in [0.15, 0.2) is 0 Å². The minimum absolute atomic E-state index is 0.0395. The lowest BCUT2D eigenvalue weighted by atomic mass is 10.1. The molecule has 27 heteroatoms. The molecule has 0 fully saturated rings. The number of H-pyrrole nitrogens is 1. The van der Waals surface area contributed by atoms with Gasteiger partial charge in [0.2, 0.25) is 45.5 Å². The molecular weight excluding hydrogens is 800 g/mol. The predicted octanol–water partition coefficient (Wildman–Crippen LogP) is -4.55. The summed E-state index contributed by atoms with van der Waals surface area (Å²) >= 11 is 0. The minimum Gasteiger partial charge on any atom is -0.480 e. The number of hydrogen-bond acceptors (Lipinski definition) is 17. The topological polar surface area (TPSA) is 375 Å². The van der Waals surface area contributed by atoms with E-state index in [1.165, 1.54) is 14.2 Å². The molecule has 0 spiro atoms. The van der Waals surface area contributed by atoms with Gasteiger partial charge in [-0.25, -0.2) is 18.0 Å². The monoisotopic (exact) mass is 852 g/mol. The maximum atomic E-state index is 12.4. The van der Waals surface area contributed by atoms with Gasteiger partial charge < -0.3 is 55.7 Å². The number of aliphatic carboxylic acids is 2. The molecule has 26 nitrogen and oxygen atoms in total. The summed E-state index contributed by atoms with van der Waals surface area (Å²) < 4.78 is 46.5. The maximum absolute atomic E-state index is 12.4. The second-order valence-electron chi connectivity index (χ2n) is 12.1. The molecule has 1 aromatic heterocycles. The van der Waals surface area contributed by atoms with Gasteiger partial charge in [0.05, 0.1) is 38.7 Å². The summed E-state index contributed by atoms with van der Waals surface area (Å²) in [6.45, 7) is -0.249. The van der Waals surface area contributed by atoms with E-state index in [9.17, 15) is 57.0 Å². The average Bonchev–Trinajstić information content (AvgIpc) is 3.68. The van der Waals surface area contributed by atoms with E-state index < -0.39 is 101 Å². The van der Waals surface area contributed by atoms with Crippen LogP contribution in [0.25, 0.3) is 0 Å². The van der Waals surface area contributed by atoms with Crippen molar-refractivity contribution in [2.24, 2.45) is 0 Å². The Hall–Kier alpha value is -5.38. The molecule has 0 aliphatic rings. The Morgan fingerprint density at radius 1 is 0.707 bits per heavy atom. The number of nitrogens with zero attached hydrogens (tertiary/aromatic N) is 3. The first-order valence-electron chi connectivity index (χ1n) is 17.9. The standard InChI is InChI=1S/C31H52N10O16S/c1-54-29(55-2)18-34-27(46)17-33-28(47)19-57-15-14-56-13-12-32-23(42)10-8-20(30(48)49)36-25(44)11-9-21(31(50)51)35-24(43)7-4-16-58(52,53)39-26(45)6-3-5-22-37-40-41-38-22/h20-21,29H,3-19H2,1-2H3,(H,32,42)(H,33,47)(H,34,46)(H,35,43)(H,36,44)(H,39,45)(H,48,49)(H,50,51)(H,37,38,40,41)/t20-,21-/m0/s1. The highest BCUT2D eigenvalue weighted by atomic mass is 32.2. The molecule has 2 atom stereocenters. The number of aryl methyl sites for hydroxylation is 1. The van der Waals surface area contributed by atoms with Gasteiger partial charge in [-0.1, -0.05) is 5.21 Å². The first-order chi connectivity index (χ1) is 27.5. The van der Waals surface area contributed by atoms with Crippen LogP contribution in [0.4, 0.5) is 0 Å². The van der Waals surface area contributed by atoms with Crippen molar-refractivity contribution < 1.29 is 75.9 Å². The molecule has 1 heterocycles. The molecule has 0 aromatic carbocycles. The van der Waals surface area contributed by atoms with Gasteiger partial charge in [0, 0.05) is 52.9 Å². The number of carboxylic acids is 2. The van der Waals surface area contributed by atoms with Crippen LogP contribution in [0.5, 0.6) is 0 Å². The highest BCUT2D eigenvalue weighted by molar-refractivity contribution is 7.90. The van der Waals surface area contributed by atoms with Crippen LogP contribution in [0.1, 0.15) is 57.2 Å². The third kappa shape index (κ3) is 25.0. The number of carbonyl (C=O) groups is 8. The normalized spacial score (nSPS) is 12.2. The lowest BCUT2D eigenvalue weighted by Crippen LogP contribution is -2.44. The third-order valence-corrected chi connectivity index (χ3v) is 8.84. The number of nitrogens with one attached hydrogen (secondary N) is 7. The van der Waals surface area contributed by atoms with Crippen LogP contribution < -0.4 is 31.3 Å². The number of aromatic amines is 1. The van der Waals surface area contributed by atoms with E-state index in [2.05, 4.69) is 47.2 Å². The number of sulfonamides is 1. The van der Waals surface area contributed by atoms with Gasteiger partial charge in [0.15, 0.2) is 12.1 Å². The van der Waals surface area contributed by atoms with E-state index >= 15 is 0 Å². The van der Waals surface area contributed by atoms with Crippen LogP contribution in [0.3, 0.4) is 0 Å². The average molecular weight is 853 g/mol. The molecule has 6 amide bonds. The fraction of sp³-hybridized carbons (Fsp3) is 0.710. The Bertz CT molecular complexity index is 1580. The molecule has 0 aliphatic carbocycles. The van der Waals surface area contributed by atoms with Gasteiger partial charge in [-0.15, -0.1) is 10.2 Å². The highest BCUT2D eigenvalue weighted by Gasteiger charge is 2.25. The van der Waals surface area contributed by atoms with Crippen molar-refractivity contribution in [3.63, 3.8) is 0 Å². The van der Waals surface area contributed by atoms with E-state index in [0.717, 1.165) is 0 Å². The zero-order valence-electron chi connectivity index (χ0n) is 32.1. The number of carboxylic acid groups (broad SMARTS) is 2. The van der Waals surface area contributed by atoms with E-state index in [4.69, 9.17) is 18.9 Å². The summed E-state index contributed by atoms with van der Waals surface area (Å²) in [4.78, 5) is 95.7. The largest absolute Gasteiger partial charge is 0.480 e. The minimum atomic E-state index is -4.08. The first-order valence-corrected chi connectivity index (χ1v) is 19.5. The number of amides is 6. The number of methoxy groups -OCH3 is 2. The second kappa shape index (κ2) is 28.9. The number of tetrazole rings is 1. The van der Waals surface area contributed by atoms with E-state index in [1.54, 1.807) is 0 Å². The van der Waals surface area contributed by atoms with Crippen molar-refractivity contribution in [1.29, 1.82) is 0 Å². The molecule has 58 heavy (non-hydrogen) atoms. The molecule has 0 saturated carbocycles. The lowest BCUT2D eigenvalue weighted by Gasteiger charge is -2.17. The molecular formula is C31H52N10O16S. The Labute approximate surface area is 333 Å². The lowest BCUT2D eigenvalue weighted by molar-refractivity contribution is -0.143. The van der Waals surface area contributed by atoms with Crippen LogP contribution in [0, 0.1) is 0 Å². The van der Waals surface area contributed by atoms with Crippen molar-refractivity contribution in [3.05, 3.63) is 5.82 Å². The second-order valence-corrected chi connectivity index (χ2v) is 14.0. The molecule has 0 aliphatic heterocycles. The Kier molecular flexibility index (Phi) is 25.3. The summed E-state index contributed by atoms with van der Waals surface area (Å²) in [7, 11) is -1.25. The zero-order chi connectivity index (χ0) is 43.3. The summed E-state index contributed by atoms with van der Waals surface area (Å²) in [5.41, 5.74) is 0. The molecule has 328 valence electrons. The maximum Gasteiger partial charge on any atom is 0.326 e. The fourth-order valence-corrected chi connectivity index (χ4v) is 5.56. The molecule has 0 saturated heterocycles. The van der Waals surface area contributed by atoms with Gasteiger partial charge in [-0.2, -0.15) is 5.21 Å². The molecule has 1 rings (SSSR count). The Balaban J connectivity index is 2.25. The smallest absolute Gasteiger partial charge is 0.326 e. The summed E-state index contributed by atoms with van der Waals surface area (Å²) in [6, 6.07) is -3.04. The number of ether oxygens (including phenoxy) is 4. The SMILES string of the molecule is COC(CNC(=O)CNC(=O)COCCOCCNC(=O)CC[C@H](NC(=O)CC[C@H](NC(=O)CCCS(=O)(=O)NC(=O)CCCc1nn[nH]n1)C(=O)O)C(=O)O)OC.